The zero-order valence-electron chi connectivity index (χ0n) is 13.0. The summed E-state index contributed by atoms with van der Waals surface area (Å²) in [5.41, 5.74) is 3.98. The molecule has 2 rings (SSSR count). The van der Waals surface area contributed by atoms with Crippen LogP contribution in [0.1, 0.15) is 50.4 Å². The van der Waals surface area contributed by atoms with Gasteiger partial charge in [-0.2, -0.15) is 0 Å². The van der Waals surface area contributed by atoms with Crippen LogP contribution in [0.3, 0.4) is 0 Å². The predicted octanol–water partition coefficient (Wildman–Crippen LogP) is 3.19. The Balaban J connectivity index is 2.28. The number of aryl methyl sites for hydroxylation is 2. The highest BCUT2D eigenvalue weighted by atomic mass is 15.2. The summed E-state index contributed by atoms with van der Waals surface area (Å²) in [5.74, 6) is 1.20. The Morgan fingerprint density at radius 3 is 2.42 bits per heavy atom. The third-order valence-corrected chi connectivity index (χ3v) is 3.65. The Kier molecular flexibility index (Phi) is 4.14. The van der Waals surface area contributed by atoms with E-state index in [-0.39, 0.29) is 5.54 Å². The molecular formula is C16H27N3. The van der Waals surface area contributed by atoms with Gasteiger partial charge >= 0.3 is 0 Å². The van der Waals surface area contributed by atoms with Gasteiger partial charge in [0.1, 0.15) is 5.82 Å². The van der Waals surface area contributed by atoms with Gasteiger partial charge in [0.2, 0.25) is 0 Å². The molecule has 1 N–H and O–H groups in total. The van der Waals surface area contributed by atoms with Crippen molar-refractivity contribution in [3.8, 4) is 0 Å². The predicted molar refractivity (Wildman–Crippen MR) is 81.8 cm³/mol. The molecule has 0 bridgehead atoms. The van der Waals surface area contributed by atoms with E-state index in [4.69, 9.17) is 4.98 Å². The molecule has 0 amide bonds. The van der Waals surface area contributed by atoms with Crippen LogP contribution in [0.25, 0.3) is 0 Å². The van der Waals surface area contributed by atoms with Crippen LogP contribution >= 0.6 is 0 Å². The van der Waals surface area contributed by atoms with Gasteiger partial charge in [-0.25, -0.2) is 4.98 Å². The molecule has 1 aromatic rings. The van der Waals surface area contributed by atoms with E-state index in [2.05, 4.69) is 50.9 Å². The van der Waals surface area contributed by atoms with Crippen molar-refractivity contribution in [1.82, 2.24) is 10.3 Å². The minimum atomic E-state index is 0.138. The third-order valence-electron chi connectivity index (χ3n) is 3.65. The smallest absolute Gasteiger partial charge is 0.133 e. The summed E-state index contributed by atoms with van der Waals surface area (Å²) in [6.07, 6.45) is 2.58. The van der Waals surface area contributed by atoms with Gasteiger partial charge in [0.05, 0.1) is 0 Å². The van der Waals surface area contributed by atoms with E-state index in [1.165, 1.54) is 29.8 Å². The molecule has 1 aliphatic rings. The van der Waals surface area contributed by atoms with Crippen LogP contribution in [0.15, 0.2) is 6.07 Å². The first kappa shape index (κ1) is 14.3. The van der Waals surface area contributed by atoms with Crippen molar-refractivity contribution in [2.24, 2.45) is 0 Å². The van der Waals surface area contributed by atoms with Crippen molar-refractivity contribution in [2.45, 2.75) is 59.5 Å². The fourth-order valence-electron chi connectivity index (χ4n) is 2.61. The topological polar surface area (TPSA) is 28.2 Å². The highest BCUT2D eigenvalue weighted by Gasteiger charge is 2.20. The average Bonchev–Trinajstić information content (AvgIpc) is 2.78. The number of aromatic nitrogens is 1. The fourth-order valence-corrected chi connectivity index (χ4v) is 2.61. The number of anilines is 1. The lowest BCUT2D eigenvalue weighted by molar-refractivity contribution is 0.423. The molecule has 1 fully saturated rings. The van der Waals surface area contributed by atoms with Gasteiger partial charge in [-0.1, -0.05) is 0 Å². The summed E-state index contributed by atoms with van der Waals surface area (Å²) in [4.78, 5) is 7.25. The second-order valence-corrected chi connectivity index (χ2v) is 6.68. The van der Waals surface area contributed by atoms with Crippen LogP contribution in [-0.4, -0.2) is 23.6 Å². The van der Waals surface area contributed by atoms with Crippen LogP contribution in [-0.2, 0) is 6.54 Å². The Labute approximate surface area is 117 Å². The van der Waals surface area contributed by atoms with Gasteiger partial charge in [0.15, 0.2) is 0 Å². The molecule has 3 heteroatoms. The van der Waals surface area contributed by atoms with Crippen molar-refractivity contribution < 1.29 is 0 Å². The van der Waals surface area contributed by atoms with E-state index in [9.17, 15) is 0 Å². The lowest BCUT2D eigenvalue weighted by Crippen LogP contribution is -2.36. The Morgan fingerprint density at radius 2 is 1.84 bits per heavy atom. The van der Waals surface area contributed by atoms with Crippen molar-refractivity contribution >= 4 is 5.82 Å². The van der Waals surface area contributed by atoms with Crippen molar-refractivity contribution in [1.29, 1.82) is 0 Å². The lowest BCUT2D eigenvalue weighted by atomic mass is 10.1. The van der Waals surface area contributed by atoms with Gasteiger partial charge in [-0.3, -0.25) is 0 Å². The first-order chi connectivity index (χ1) is 8.87. The molecule has 2 heterocycles. The molecule has 0 unspecified atom stereocenters. The maximum atomic E-state index is 4.80. The second-order valence-electron chi connectivity index (χ2n) is 6.68. The van der Waals surface area contributed by atoms with Crippen LogP contribution in [0.4, 0.5) is 5.82 Å². The SMILES string of the molecule is Cc1cc(C)c(CNC(C)(C)C)c(N2CCCC2)n1. The quantitative estimate of drug-likeness (QED) is 0.905. The summed E-state index contributed by atoms with van der Waals surface area (Å²) in [6, 6.07) is 2.19. The van der Waals surface area contributed by atoms with Gasteiger partial charge in [-0.05, 0) is 59.1 Å². The molecule has 1 aromatic heterocycles. The average molecular weight is 261 g/mol. The number of hydrogen-bond donors (Lipinski definition) is 1. The minimum absolute atomic E-state index is 0.138. The van der Waals surface area contributed by atoms with E-state index in [1.807, 2.05) is 0 Å². The van der Waals surface area contributed by atoms with Crippen LogP contribution < -0.4 is 10.2 Å². The number of rotatable bonds is 3. The van der Waals surface area contributed by atoms with E-state index >= 15 is 0 Å². The molecule has 106 valence electrons. The van der Waals surface area contributed by atoms with Gasteiger partial charge < -0.3 is 10.2 Å². The molecular weight excluding hydrogens is 234 g/mol. The van der Waals surface area contributed by atoms with Crippen LogP contribution in [0.2, 0.25) is 0 Å². The zero-order valence-corrected chi connectivity index (χ0v) is 13.0. The second kappa shape index (κ2) is 5.49. The molecule has 1 saturated heterocycles. The summed E-state index contributed by atoms with van der Waals surface area (Å²) in [5, 5.41) is 3.60. The minimum Gasteiger partial charge on any atom is -0.356 e. The molecule has 0 aromatic carbocycles. The van der Waals surface area contributed by atoms with E-state index in [0.717, 1.165) is 25.3 Å². The highest BCUT2D eigenvalue weighted by molar-refractivity contribution is 5.52. The Hall–Kier alpha value is -1.09. The van der Waals surface area contributed by atoms with E-state index < -0.39 is 0 Å². The highest BCUT2D eigenvalue weighted by Crippen LogP contribution is 2.26. The number of hydrogen-bond acceptors (Lipinski definition) is 3. The number of nitrogens with zero attached hydrogens (tertiary/aromatic N) is 2. The largest absolute Gasteiger partial charge is 0.356 e. The molecule has 19 heavy (non-hydrogen) atoms. The summed E-state index contributed by atoms with van der Waals surface area (Å²) >= 11 is 0. The normalized spacial score (nSPS) is 16.2. The maximum absolute atomic E-state index is 4.80. The maximum Gasteiger partial charge on any atom is 0.133 e. The molecule has 0 saturated carbocycles. The molecule has 0 atom stereocenters. The van der Waals surface area contributed by atoms with E-state index in [0.29, 0.717) is 0 Å². The molecule has 0 aliphatic carbocycles. The van der Waals surface area contributed by atoms with Gasteiger partial charge in [0.25, 0.3) is 0 Å². The standard InChI is InChI=1S/C16H27N3/c1-12-10-13(2)18-15(19-8-6-7-9-19)14(12)11-17-16(3,4)5/h10,17H,6-9,11H2,1-5H3. The van der Waals surface area contributed by atoms with Gasteiger partial charge in [-0.15, -0.1) is 0 Å². The molecule has 0 spiro atoms. The summed E-state index contributed by atoms with van der Waals surface area (Å²) in [7, 11) is 0. The van der Waals surface area contributed by atoms with Crippen molar-refractivity contribution in [2.75, 3.05) is 18.0 Å². The number of pyridine rings is 1. The van der Waals surface area contributed by atoms with Crippen molar-refractivity contribution in [3.05, 3.63) is 22.9 Å². The molecule has 3 nitrogen and oxygen atoms in total. The lowest BCUT2D eigenvalue weighted by Gasteiger charge is -2.26. The summed E-state index contributed by atoms with van der Waals surface area (Å²) < 4.78 is 0. The molecule has 0 radical (unpaired) electrons. The first-order valence-corrected chi connectivity index (χ1v) is 7.34. The fraction of sp³-hybridized carbons (Fsp3) is 0.688. The molecule has 1 aliphatic heterocycles. The Morgan fingerprint density at radius 1 is 1.21 bits per heavy atom. The van der Waals surface area contributed by atoms with Crippen molar-refractivity contribution in [3.63, 3.8) is 0 Å². The zero-order chi connectivity index (χ0) is 14.0. The number of nitrogens with one attached hydrogen (secondary N) is 1. The third kappa shape index (κ3) is 3.69. The summed E-state index contributed by atoms with van der Waals surface area (Å²) in [6.45, 7) is 14.1. The van der Waals surface area contributed by atoms with Gasteiger partial charge in [0, 0.05) is 36.4 Å². The van der Waals surface area contributed by atoms with E-state index in [1.54, 1.807) is 0 Å². The van der Waals surface area contributed by atoms with Crippen LogP contribution in [0.5, 0.6) is 0 Å². The first-order valence-electron chi connectivity index (χ1n) is 7.34. The Bertz CT molecular complexity index is 440. The van der Waals surface area contributed by atoms with Crippen LogP contribution in [0, 0.1) is 13.8 Å². The monoisotopic (exact) mass is 261 g/mol.